The molecule has 0 aliphatic carbocycles. The van der Waals surface area contributed by atoms with Gasteiger partial charge in [0.15, 0.2) is 0 Å². The number of nitro benzene ring substituents is 1. The predicted molar refractivity (Wildman–Crippen MR) is 108 cm³/mol. The Morgan fingerprint density at radius 2 is 1.77 bits per heavy atom. The first kappa shape index (κ1) is 22.9. The topological polar surface area (TPSA) is 151 Å². The second-order valence-corrected chi connectivity index (χ2v) is 6.88. The number of dihydropyridines is 1. The fourth-order valence-corrected chi connectivity index (χ4v) is 3.46. The summed E-state index contributed by atoms with van der Waals surface area (Å²) >= 11 is 0. The van der Waals surface area contributed by atoms with Crippen molar-refractivity contribution in [3.8, 4) is 5.75 Å². The summed E-state index contributed by atoms with van der Waals surface area (Å²) in [4.78, 5) is 34.7. The van der Waals surface area contributed by atoms with Crippen LogP contribution in [0.15, 0.2) is 40.7 Å². The van der Waals surface area contributed by atoms with Crippen LogP contribution in [0.5, 0.6) is 5.75 Å². The molecule has 0 bridgehead atoms. The van der Waals surface area contributed by atoms with Gasteiger partial charge in [0.05, 0.1) is 28.6 Å². The SMILES string of the molecule is CNCCCCOc1ccc([N+](=O)[O-])cc1C1C(C(=O)O)=C(C)NC(C)=C1C(=O)O. The number of nitro groups is 1. The normalized spacial score (nSPS) is 14.5. The summed E-state index contributed by atoms with van der Waals surface area (Å²) < 4.78 is 5.80. The number of ether oxygens (including phenoxy) is 1. The second-order valence-electron chi connectivity index (χ2n) is 6.88. The molecule has 1 aromatic rings. The molecule has 1 aliphatic rings. The monoisotopic (exact) mass is 419 g/mol. The number of nitrogens with zero attached hydrogens (tertiary/aromatic N) is 1. The summed E-state index contributed by atoms with van der Waals surface area (Å²) in [5.74, 6) is -3.64. The number of rotatable bonds is 10. The summed E-state index contributed by atoms with van der Waals surface area (Å²) in [6.07, 6.45) is 1.54. The molecule has 0 saturated carbocycles. The molecular formula is C20H25N3O7. The summed E-state index contributed by atoms with van der Waals surface area (Å²) in [5.41, 5.74) is -0.0105. The number of allylic oxidation sites excluding steroid dienone is 2. The van der Waals surface area contributed by atoms with Crippen LogP contribution >= 0.6 is 0 Å². The van der Waals surface area contributed by atoms with Gasteiger partial charge in [0.25, 0.3) is 5.69 Å². The summed E-state index contributed by atoms with van der Waals surface area (Å²) in [5, 5.41) is 36.7. The van der Waals surface area contributed by atoms with E-state index in [1.807, 2.05) is 7.05 Å². The maximum absolute atomic E-state index is 12.0. The van der Waals surface area contributed by atoms with Crippen LogP contribution in [-0.2, 0) is 9.59 Å². The largest absolute Gasteiger partial charge is 0.493 e. The molecular weight excluding hydrogens is 394 g/mol. The Morgan fingerprint density at radius 3 is 2.27 bits per heavy atom. The third-order valence-corrected chi connectivity index (χ3v) is 4.82. The lowest BCUT2D eigenvalue weighted by Gasteiger charge is -2.29. The van der Waals surface area contributed by atoms with E-state index in [2.05, 4.69) is 10.6 Å². The number of hydrogen-bond donors (Lipinski definition) is 4. The van der Waals surface area contributed by atoms with Crippen LogP contribution in [0, 0.1) is 10.1 Å². The molecule has 4 N–H and O–H groups in total. The lowest BCUT2D eigenvalue weighted by atomic mass is 9.80. The highest BCUT2D eigenvalue weighted by Crippen LogP contribution is 2.43. The number of carboxylic acids is 2. The van der Waals surface area contributed by atoms with E-state index in [0.29, 0.717) is 13.0 Å². The highest BCUT2D eigenvalue weighted by molar-refractivity contribution is 5.98. The maximum atomic E-state index is 12.0. The first-order valence-electron chi connectivity index (χ1n) is 9.39. The minimum atomic E-state index is -1.32. The average Bonchev–Trinajstić information content (AvgIpc) is 2.66. The van der Waals surface area contributed by atoms with Gasteiger partial charge in [0, 0.05) is 29.1 Å². The van der Waals surface area contributed by atoms with Crippen LogP contribution in [0.1, 0.15) is 38.2 Å². The summed E-state index contributed by atoms with van der Waals surface area (Å²) in [6.45, 7) is 4.14. The number of non-ortho nitro benzene ring substituents is 1. The van der Waals surface area contributed by atoms with Gasteiger partial charge >= 0.3 is 11.9 Å². The maximum Gasteiger partial charge on any atom is 0.334 e. The van der Waals surface area contributed by atoms with Gasteiger partial charge in [-0.1, -0.05) is 0 Å². The van der Waals surface area contributed by atoms with Crippen LogP contribution in [0.2, 0.25) is 0 Å². The van der Waals surface area contributed by atoms with Crippen molar-refractivity contribution in [3.63, 3.8) is 0 Å². The number of carbonyl (C=O) groups is 2. The fourth-order valence-electron chi connectivity index (χ4n) is 3.46. The zero-order chi connectivity index (χ0) is 22.4. The third-order valence-electron chi connectivity index (χ3n) is 4.82. The van der Waals surface area contributed by atoms with Crippen molar-refractivity contribution in [3.05, 3.63) is 56.4 Å². The molecule has 10 nitrogen and oxygen atoms in total. The molecule has 0 amide bonds. The average molecular weight is 419 g/mol. The molecule has 0 unspecified atom stereocenters. The lowest BCUT2D eigenvalue weighted by molar-refractivity contribution is -0.384. The summed E-state index contributed by atoms with van der Waals surface area (Å²) in [7, 11) is 1.83. The number of hydrogen-bond acceptors (Lipinski definition) is 7. The molecule has 30 heavy (non-hydrogen) atoms. The first-order valence-corrected chi connectivity index (χ1v) is 9.39. The molecule has 0 aromatic heterocycles. The smallest absolute Gasteiger partial charge is 0.334 e. The zero-order valence-electron chi connectivity index (χ0n) is 17.0. The van der Waals surface area contributed by atoms with E-state index in [1.165, 1.54) is 32.0 Å². The fraction of sp³-hybridized carbons (Fsp3) is 0.400. The number of aliphatic carboxylic acids is 2. The first-order chi connectivity index (χ1) is 14.2. The lowest BCUT2D eigenvalue weighted by Crippen LogP contribution is -2.31. The zero-order valence-corrected chi connectivity index (χ0v) is 17.0. The van der Waals surface area contributed by atoms with E-state index in [0.717, 1.165) is 13.0 Å². The van der Waals surface area contributed by atoms with Crippen molar-refractivity contribution in [2.24, 2.45) is 0 Å². The third kappa shape index (κ3) is 4.95. The Morgan fingerprint density at radius 1 is 1.17 bits per heavy atom. The van der Waals surface area contributed by atoms with Crippen molar-refractivity contribution >= 4 is 17.6 Å². The molecule has 0 atom stereocenters. The van der Waals surface area contributed by atoms with E-state index in [9.17, 15) is 29.9 Å². The molecule has 0 fully saturated rings. The molecule has 1 aliphatic heterocycles. The Bertz CT molecular complexity index is 885. The number of benzene rings is 1. The van der Waals surface area contributed by atoms with Gasteiger partial charge in [-0.15, -0.1) is 0 Å². The van der Waals surface area contributed by atoms with Gasteiger partial charge in [-0.2, -0.15) is 0 Å². The second kappa shape index (κ2) is 9.88. The van der Waals surface area contributed by atoms with E-state index in [4.69, 9.17) is 4.74 Å². The molecule has 1 aromatic carbocycles. The summed E-state index contributed by atoms with van der Waals surface area (Å²) in [6, 6.07) is 3.82. The predicted octanol–water partition coefficient (Wildman–Crippen LogP) is 2.38. The van der Waals surface area contributed by atoms with Gasteiger partial charge < -0.3 is 25.6 Å². The molecule has 0 saturated heterocycles. The van der Waals surface area contributed by atoms with Crippen molar-refractivity contribution in [2.75, 3.05) is 20.2 Å². The van der Waals surface area contributed by atoms with Crippen LogP contribution in [0.3, 0.4) is 0 Å². The van der Waals surface area contributed by atoms with E-state index >= 15 is 0 Å². The van der Waals surface area contributed by atoms with Gasteiger partial charge in [0.1, 0.15) is 5.75 Å². The molecule has 10 heteroatoms. The van der Waals surface area contributed by atoms with Crippen molar-refractivity contribution < 1.29 is 29.5 Å². The van der Waals surface area contributed by atoms with Gasteiger partial charge in [-0.25, -0.2) is 9.59 Å². The van der Waals surface area contributed by atoms with Crippen molar-refractivity contribution in [1.29, 1.82) is 0 Å². The quantitative estimate of drug-likeness (QED) is 0.254. The molecule has 2 rings (SSSR count). The van der Waals surface area contributed by atoms with E-state index in [1.54, 1.807) is 0 Å². The van der Waals surface area contributed by atoms with Crippen LogP contribution < -0.4 is 15.4 Å². The molecule has 0 radical (unpaired) electrons. The van der Waals surface area contributed by atoms with Gasteiger partial charge in [-0.05, 0) is 46.3 Å². The number of carboxylic acid groups (broad SMARTS) is 2. The standard InChI is InChI=1S/C20H25N3O7/c1-11-16(19(24)25)18(17(20(26)27)12(2)22-11)14-10-13(23(28)29)6-7-15(14)30-9-5-4-8-21-3/h6-7,10,18,21-22H,4-5,8-9H2,1-3H3,(H,24,25)(H,26,27). The number of nitrogens with one attached hydrogen (secondary N) is 2. The molecule has 162 valence electrons. The Balaban J connectivity index is 2.61. The van der Waals surface area contributed by atoms with Crippen LogP contribution in [0.4, 0.5) is 5.69 Å². The van der Waals surface area contributed by atoms with Gasteiger partial charge in [0.2, 0.25) is 0 Å². The highest BCUT2D eigenvalue weighted by Gasteiger charge is 2.38. The number of unbranched alkanes of at least 4 members (excludes halogenated alkanes) is 1. The highest BCUT2D eigenvalue weighted by atomic mass is 16.6. The van der Waals surface area contributed by atoms with Crippen molar-refractivity contribution in [1.82, 2.24) is 10.6 Å². The molecule has 0 spiro atoms. The Kier molecular flexibility index (Phi) is 7.54. The van der Waals surface area contributed by atoms with Crippen LogP contribution in [-0.4, -0.2) is 47.3 Å². The van der Waals surface area contributed by atoms with E-state index in [-0.39, 0.29) is 39.5 Å². The van der Waals surface area contributed by atoms with Gasteiger partial charge in [-0.3, -0.25) is 10.1 Å². The van der Waals surface area contributed by atoms with E-state index < -0.39 is 22.8 Å². The molecule has 1 heterocycles. The Labute approximate surface area is 173 Å². The Hall–Kier alpha value is -3.40. The van der Waals surface area contributed by atoms with Crippen LogP contribution in [0.25, 0.3) is 0 Å². The minimum absolute atomic E-state index is 0.132. The minimum Gasteiger partial charge on any atom is -0.493 e. The van der Waals surface area contributed by atoms with Crippen molar-refractivity contribution in [2.45, 2.75) is 32.6 Å².